The van der Waals surface area contributed by atoms with Crippen molar-refractivity contribution in [1.29, 1.82) is 0 Å². The van der Waals surface area contributed by atoms with Crippen LogP contribution in [0.15, 0.2) is 11.6 Å². The molecule has 1 spiro atoms. The summed E-state index contributed by atoms with van der Waals surface area (Å²) >= 11 is 0. The molecule has 4 fully saturated rings. The SMILES string of the molecule is COC(=O)/C(=C/C[C@H]1[C@@]2(CCC3C(C)(C)[C@@H](O)CC[C@@]31C)CO2)C1CO1. The smallest absolute Gasteiger partial charge is 0.336 e. The normalized spacial score (nSPS) is 46.6. The zero-order valence-corrected chi connectivity index (χ0v) is 16.4. The first-order chi connectivity index (χ1) is 12.2. The van der Waals surface area contributed by atoms with Crippen molar-refractivity contribution in [3.8, 4) is 0 Å². The molecule has 2 aliphatic heterocycles. The number of ether oxygens (including phenoxy) is 3. The monoisotopic (exact) mass is 364 g/mol. The quantitative estimate of drug-likeness (QED) is 0.472. The molecule has 6 atom stereocenters. The van der Waals surface area contributed by atoms with Gasteiger partial charge in [0.1, 0.15) is 6.10 Å². The number of esters is 1. The summed E-state index contributed by atoms with van der Waals surface area (Å²) in [6.45, 7) is 8.25. The zero-order chi connectivity index (χ0) is 18.7. The third-order valence-electron chi connectivity index (χ3n) is 7.99. The number of fused-ring (bicyclic) bond motifs is 1. The van der Waals surface area contributed by atoms with E-state index in [0.717, 1.165) is 38.7 Å². The molecule has 4 rings (SSSR count). The van der Waals surface area contributed by atoms with Gasteiger partial charge in [-0.15, -0.1) is 0 Å². The van der Waals surface area contributed by atoms with Gasteiger partial charge < -0.3 is 19.3 Å². The summed E-state index contributed by atoms with van der Waals surface area (Å²) in [6.07, 6.45) is 6.52. The first-order valence-electron chi connectivity index (χ1n) is 9.96. The summed E-state index contributed by atoms with van der Waals surface area (Å²) in [4.78, 5) is 12.1. The van der Waals surface area contributed by atoms with Crippen LogP contribution in [0.5, 0.6) is 0 Å². The van der Waals surface area contributed by atoms with Crippen molar-refractivity contribution in [3.05, 3.63) is 11.6 Å². The number of carbonyl (C=O) groups excluding carboxylic acids is 1. The summed E-state index contributed by atoms with van der Waals surface area (Å²) < 4.78 is 16.3. The Morgan fingerprint density at radius 2 is 1.96 bits per heavy atom. The zero-order valence-electron chi connectivity index (χ0n) is 16.4. The lowest BCUT2D eigenvalue weighted by Gasteiger charge is -2.60. The maximum absolute atomic E-state index is 12.1. The molecule has 0 radical (unpaired) electrons. The fourth-order valence-corrected chi connectivity index (χ4v) is 6.22. The molecule has 2 aliphatic carbocycles. The molecule has 5 heteroatoms. The standard InChI is InChI=1S/C21H32O5/c1-19(2)15-7-10-21(12-26-21)16(20(15,3)9-8-17(19)22)6-5-13(14-11-25-14)18(23)24-4/h5,14-17,22H,6-12H2,1-4H3/b13-5+/t14?,15?,16-,17+,20+,21-/m1/s1. The van der Waals surface area contributed by atoms with E-state index in [0.29, 0.717) is 24.0 Å². The van der Waals surface area contributed by atoms with Crippen molar-refractivity contribution in [3.63, 3.8) is 0 Å². The highest BCUT2D eigenvalue weighted by molar-refractivity contribution is 5.90. The van der Waals surface area contributed by atoms with Gasteiger partial charge in [-0.2, -0.15) is 0 Å². The van der Waals surface area contributed by atoms with Gasteiger partial charge in [-0.1, -0.05) is 26.8 Å². The predicted molar refractivity (Wildman–Crippen MR) is 96.5 cm³/mol. The van der Waals surface area contributed by atoms with Gasteiger partial charge in [0.25, 0.3) is 0 Å². The van der Waals surface area contributed by atoms with Crippen LogP contribution in [0.3, 0.4) is 0 Å². The van der Waals surface area contributed by atoms with Gasteiger partial charge in [-0.05, 0) is 54.8 Å². The van der Waals surface area contributed by atoms with Gasteiger partial charge in [-0.3, -0.25) is 0 Å². The topological polar surface area (TPSA) is 71.6 Å². The summed E-state index contributed by atoms with van der Waals surface area (Å²) in [5.74, 6) is 0.542. The molecule has 2 unspecified atom stereocenters. The number of aliphatic hydroxyl groups is 1. The molecule has 2 saturated heterocycles. The second-order valence-electron chi connectivity index (χ2n) is 9.59. The number of carbonyl (C=O) groups is 1. The summed E-state index contributed by atoms with van der Waals surface area (Å²) in [6, 6.07) is 0. The number of rotatable bonds is 4. The lowest BCUT2D eigenvalue weighted by atomic mass is 9.45. The molecule has 2 saturated carbocycles. The third kappa shape index (κ3) is 2.74. The molecule has 146 valence electrons. The number of epoxide rings is 2. The summed E-state index contributed by atoms with van der Waals surface area (Å²) in [7, 11) is 1.42. The number of aliphatic hydroxyl groups excluding tert-OH is 1. The first kappa shape index (κ1) is 18.5. The molecule has 4 aliphatic rings. The van der Waals surface area contributed by atoms with Crippen LogP contribution >= 0.6 is 0 Å². The Morgan fingerprint density at radius 3 is 2.54 bits per heavy atom. The second kappa shape index (κ2) is 6.05. The van der Waals surface area contributed by atoms with Gasteiger partial charge >= 0.3 is 5.97 Å². The van der Waals surface area contributed by atoms with Gasteiger partial charge in [0.05, 0.1) is 37.6 Å². The Balaban J connectivity index is 1.63. The van der Waals surface area contributed by atoms with Crippen molar-refractivity contribution in [2.75, 3.05) is 20.3 Å². The largest absolute Gasteiger partial charge is 0.466 e. The summed E-state index contributed by atoms with van der Waals surface area (Å²) in [5, 5.41) is 10.6. The first-order valence-corrected chi connectivity index (χ1v) is 9.96. The van der Waals surface area contributed by atoms with E-state index in [2.05, 4.69) is 20.8 Å². The van der Waals surface area contributed by atoms with Crippen LogP contribution in [-0.2, 0) is 19.0 Å². The number of hydrogen-bond acceptors (Lipinski definition) is 5. The maximum Gasteiger partial charge on any atom is 0.336 e. The van der Waals surface area contributed by atoms with Gasteiger partial charge in [-0.25, -0.2) is 4.79 Å². The van der Waals surface area contributed by atoms with Crippen LogP contribution < -0.4 is 0 Å². The third-order valence-corrected chi connectivity index (χ3v) is 7.99. The molecule has 0 bridgehead atoms. The summed E-state index contributed by atoms with van der Waals surface area (Å²) in [5.41, 5.74) is 0.644. The molecule has 0 aromatic rings. The Morgan fingerprint density at radius 1 is 1.27 bits per heavy atom. The van der Waals surface area contributed by atoms with E-state index in [1.54, 1.807) is 0 Å². The van der Waals surface area contributed by atoms with Crippen LogP contribution in [0.4, 0.5) is 0 Å². The van der Waals surface area contributed by atoms with Gasteiger partial charge in [0.15, 0.2) is 0 Å². The lowest BCUT2D eigenvalue weighted by Crippen LogP contribution is -2.58. The van der Waals surface area contributed by atoms with Crippen LogP contribution in [0, 0.1) is 22.7 Å². The highest BCUT2D eigenvalue weighted by atomic mass is 16.6. The van der Waals surface area contributed by atoms with Crippen LogP contribution in [0.25, 0.3) is 0 Å². The van der Waals surface area contributed by atoms with E-state index in [1.807, 2.05) is 6.08 Å². The number of hydrogen-bond donors (Lipinski definition) is 1. The minimum Gasteiger partial charge on any atom is -0.466 e. The predicted octanol–water partition coefficient (Wildman–Crippen LogP) is 2.86. The highest BCUT2D eigenvalue weighted by Crippen LogP contribution is 2.66. The molecule has 0 aromatic carbocycles. The molecule has 2 heterocycles. The second-order valence-corrected chi connectivity index (χ2v) is 9.59. The van der Waals surface area contributed by atoms with E-state index >= 15 is 0 Å². The van der Waals surface area contributed by atoms with Gasteiger partial charge in [0, 0.05) is 0 Å². The Bertz CT molecular complexity index is 616. The van der Waals surface area contributed by atoms with Crippen molar-refractivity contribution >= 4 is 5.97 Å². The van der Waals surface area contributed by atoms with Crippen molar-refractivity contribution in [2.45, 2.75) is 70.7 Å². The maximum atomic E-state index is 12.1. The molecule has 0 amide bonds. The highest BCUT2D eigenvalue weighted by Gasteiger charge is 2.66. The van der Waals surface area contributed by atoms with Crippen LogP contribution in [0.1, 0.15) is 52.9 Å². The van der Waals surface area contributed by atoms with Crippen molar-refractivity contribution in [1.82, 2.24) is 0 Å². The molecule has 26 heavy (non-hydrogen) atoms. The van der Waals surface area contributed by atoms with Crippen LogP contribution in [-0.4, -0.2) is 49.2 Å². The van der Waals surface area contributed by atoms with Gasteiger partial charge in [0.2, 0.25) is 0 Å². The fourth-order valence-electron chi connectivity index (χ4n) is 6.22. The molecule has 0 aromatic heterocycles. The molecular formula is C21H32O5. The lowest BCUT2D eigenvalue weighted by molar-refractivity contribution is -0.153. The van der Waals surface area contributed by atoms with E-state index in [-0.39, 0.29) is 34.6 Å². The Kier molecular flexibility index (Phi) is 4.29. The fraction of sp³-hybridized carbons (Fsp3) is 0.857. The number of methoxy groups -OCH3 is 1. The van der Waals surface area contributed by atoms with Crippen LogP contribution in [0.2, 0.25) is 0 Å². The van der Waals surface area contributed by atoms with Crippen molar-refractivity contribution < 1.29 is 24.1 Å². The van der Waals surface area contributed by atoms with E-state index in [1.165, 1.54) is 7.11 Å². The molecular weight excluding hydrogens is 332 g/mol. The Hall–Kier alpha value is -0.910. The minimum absolute atomic E-state index is 0.0360. The number of allylic oxidation sites excluding steroid dienone is 1. The molecule has 1 N–H and O–H groups in total. The average molecular weight is 364 g/mol. The van der Waals surface area contributed by atoms with E-state index in [4.69, 9.17) is 14.2 Å². The molecule has 5 nitrogen and oxygen atoms in total. The minimum atomic E-state index is -0.282. The van der Waals surface area contributed by atoms with Crippen molar-refractivity contribution in [2.24, 2.45) is 22.7 Å². The van der Waals surface area contributed by atoms with E-state index in [9.17, 15) is 9.90 Å². The Labute approximate surface area is 156 Å². The van der Waals surface area contributed by atoms with E-state index < -0.39 is 0 Å². The average Bonchev–Trinajstić information content (AvgIpc) is 3.50.